The van der Waals surface area contributed by atoms with Crippen molar-refractivity contribution in [3.8, 4) is 0 Å². The smallest absolute Gasteiger partial charge is 0.225 e. The van der Waals surface area contributed by atoms with E-state index >= 15 is 0 Å². The second kappa shape index (κ2) is 7.21. The maximum atomic E-state index is 13.6. The van der Waals surface area contributed by atoms with E-state index in [4.69, 9.17) is 0 Å². The third kappa shape index (κ3) is 3.94. The van der Waals surface area contributed by atoms with Gasteiger partial charge in [0.05, 0.1) is 12.5 Å². The molecule has 0 aliphatic carbocycles. The van der Waals surface area contributed by atoms with Gasteiger partial charge in [-0.1, -0.05) is 48.9 Å². The number of nitrogens with one attached hydrogen (secondary N) is 1. The molecular formula is C19H22FNO. The number of hydrogen-bond acceptors (Lipinski definition) is 1. The second-order valence-corrected chi connectivity index (χ2v) is 5.66. The quantitative estimate of drug-likeness (QED) is 0.878. The van der Waals surface area contributed by atoms with Gasteiger partial charge in [-0.05, 0) is 43.0 Å². The van der Waals surface area contributed by atoms with Crippen LogP contribution in [0.15, 0.2) is 42.5 Å². The van der Waals surface area contributed by atoms with Crippen molar-refractivity contribution in [2.45, 2.75) is 39.7 Å². The first-order valence-corrected chi connectivity index (χ1v) is 7.61. The number of aryl methyl sites for hydroxylation is 2. The number of benzene rings is 2. The van der Waals surface area contributed by atoms with Gasteiger partial charge < -0.3 is 5.32 Å². The van der Waals surface area contributed by atoms with Gasteiger partial charge in [-0.15, -0.1) is 0 Å². The van der Waals surface area contributed by atoms with Crippen LogP contribution >= 0.6 is 0 Å². The van der Waals surface area contributed by atoms with Crippen molar-refractivity contribution in [2.24, 2.45) is 0 Å². The van der Waals surface area contributed by atoms with E-state index in [1.807, 2.05) is 19.9 Å². The van der Waals surface area contributed by atoms with Gasteiger partial charge in [0.2, 0.25) is 5.91 Å². The lowest BCUT2D eigenvalue weighted by Crippen LogP contribution is -2.30. The van der Waals surface area contributed by atoms with Crippen LogP contribution in [-0.2, 0) is 11.2 Å². The minimum absolute atomic E-state index is 0.0418. The number of halogens is 1. The molecule has 0 fully saturated rings. The van der Waals surface area contributed by atoms with E-state index in [-0.39, 0.29) is 24.2 Å². The van der Waals surface area contributed by atoms with Crippen molar-refractivity contribution in [1.82, 2.24) is 5.32 Å². The summed E-state index contributed by atoms with van der Waals surface area (Å²) in [6, 6.07) is 12.6. The molecule has 2 aromatic rings. The van der Waals surface area contributed by atoms with Gasteiger partial charge in [0.25, 0.3) is 0 Å². The van der Waals surface area contributed by atoms with Gasteiger partial charge in [0.15, 0.2) is 0 Å². The molecule has 0 aliphatic heterocycles. The predicted molar refractivity (Wildman–Crippen MR) is 87.2 cm³/mol. The summed E-state index contributed by atoms with van der Waals surface area (Å²) in [4.78, 5) is 12.2. The Bertz CT molecular complexity index is 666. The normalized spacial score (nSPS) is 12.0. The van der Waals surface area contributed by atoms with E-state index in [9.17, 15) is 9.18 Å². The van der Waals surface area contributed by atoms with Crippen molar-refractivity contribution in [2.75, 3.05) is 0 Å². The van der Waals surface area contributed by atoms with Gasteiger partial charge in [0, 0.05) is 0 Å². The number of carbonyl (C=O) groups excluding carboxylic acids is 1. The monoisotopic (exact) mass is 299 g/mol. The summed E-state index contributed by atoms with van der Waals surface area (Å²) in [5.74, 6) is -0.492. The SMILES string of the molecule is CC[C@H](NC(=O)Cc1ccccc1F)c1ccc(C)cc1C. The fraction of sp³-hybridized carbons (Fsp3) is 0.316. The van der Waals surface area contributed by atoms with Crippen LogP contribution in [0, 0.1) is 19.7 Å². The van der Waals surface area contributed by atoms with Crippen molar-refractivity contribution >= 4 is 5.91 Å². The summed E-state index contributed by atoms with van der Waals surface area (Å²) in [6.07, 6.45) is 0.862. The summed E-state index contributed by atoms with van der Waals surface area (Å²) in [5, 5.41) is 3.01. The van der Waals surface area contributed by atoms with E-state index < -0.39 is 0 Å². The highest BCUT2D eigenvalue weighted by atomic mass is 19.1. The number of carbonyl (C=O) groups is 1. The van der Waals surface area contributed by atoms with Gasteiger partial charge in [-0.3, -0.25) is 4.79 Å². The average molecular weight is 299 g/mol. The Balaban J connectivity index is 2.10. The third-order valence-corrected chi connectivity index (χ3v) is 3.85. The fourth-order valence-corrected chi connectivity index (χ4v) is 2.68. The molecule has 2 aromatic carbocycles. The van der Waals surface area contributed by atoms with Crippen LogP contribution in [0.3, 0.4) is 0 Å². The molecule has 1 N–H and O–H groups in total. The zero-order chi connectivity index (χ0) is 16.1. The van der Waals surface area contributed by atoms with E-state index in [2.05, 4.69) is 24.4 Å². The summed E-state index contributed by atoms with van der Waals surface area (Å²) < 4.78 is 13.6. The Hall–Kier alpha value is -2.16. The van der Waals surface area contributed by atoms with Crippen molar-refractivity contribution in [3.63, 3.8) is 0 Å². The number of hydrogen-bond donors (Lipinski definition) is 1. The highest BCUT2D eigenvalue weighted by Gasteiger charge is 2.16. The first kappa shape index (κ1) is 16.2. The Morgan fingerprint density at radius 2 is 1.91 bits per heavy atom. The Labute approximate surface area is 131 Å². The Kier molecular flexibility index (Phi) is 5.31. The third-order valence-electron chi connectivity index (χ3n) is 3.85. The molecule has 0 spiro atoms. The lowest BCUT2D eigenvalue weighted by molar-refractivity contribution is -0.121. The van der Waals surface area contributed by atoms with Crippen LogP contribution in [0.4, 0.5) is 4.39 Å². The zero-order valence-electron chi connectivity index (χ0n) is 13.3. The molecule has 2 rings (SSSR count). The highest BCUT2D eigenvalue weighted by Crippen LogP contribution is 2.22. The standard InChI is InChI=1S/C19H22FNO/c1-4-18(16-10-9-13(2)11-14(16)3)21-19(22)12-15-7-5-6-8-17(15)20/h5-11,18H,4,12H2,1-3H3,(H,21,22)/t18-/m0/s1. The van der Waals surface area contributed by atoms with E-state index in [1.165, 1.54) is 11.6 Å². The molecular weight excluding hydrogens is 277 g/mol. The molecule has 22 heavy (non-hydrogen) atoms. The molecule has 0 radical (unpaired) electrons. The van der Waals surface area contributed by atoms with Gasteiger partial charge in [0.1, 0.15) is 5.82 Å². The lowest BCUT2D eigenvalue weighted by atomic mass is 9.97. The molecule has 0 saturated carbocycles. The van der Waals surface area contributed by atoms with Crippen LogP contribution in [0.2, 0.25) is 0 Å². The number of amides is 1. The Morgan fingerprint density at radius 1 is 1.18 bits per heavy atom. The summed E-state index contributed by atoms with van der Waals surface area (Å²) in [6.45, 7) is 6.13. The molecule has 0 aromatic heterocycles. The average Bonchev–Trinajstić information content (AvgIpc) is 2.48. The fourth-order valence-electron chi connectivity index (χ4n) is 2.68. The van der Waals surface area contributed by atoms with E-state index in [0.717, 1.165) is 17.5 Å². The van der Waals surface area contributed by atoms with Gasteiger partial charge in [-0.2, -0.15) is 0 Å². The molecule has 0 aliphatic rings. The summed E-state index contributed by atoms with van der Waals surface area (Å²) >= 11 is 0. The first-order chi connectivity index (χ1) is 10.5. The van der Waals surface area contributed by atoms with E-state index in [1.54, 1.807) is 18.2 Å². The highest BCUT2D eigenvalue weighted by molar-refractivity contribution is 5.79. The predicted octanol–water partition coefficient (Wildman–Crippen LogP) is 4.25. The zero-order valence-corrected chi connectivity index (χ0v) is 13.3. The molecule has 0 unspecified atom stereocenters. The minimum atomic E-state index is -0.336. The molecule has 2 nitrogen and oxygen atoms in total. The Morgan fingerprint density at radius 3 is 2.55 bits per heavy atom. The largest absolute Gasteiger partial charge is 0.349 e. The maximum absolute atomic E-state index is 13.6. The molecule has 1 amide bonds. The second-order valence-electron chi connectivity index (χ2n) is 5.66. The van der Waals surface area contributed by atoms with Gasteiger partial charge >= 0.3 is 0 Å². The molecule has 3 heteroatoms. The van der Waals surface area contributed by atoms with E-state index in [0.29, 0.717) is 5.56 Å². The van der Waals surface area contributed by atoms with Crippen LogP contribution < -0.4 is 5.32 Å². The van der Waals surface area contributed by atoms with Crippen molar-refractivity contribution in [1.29, 1.82) is 0 Å². The van der Waals surface area contributed by atoms with Crippen molar-refractivity contribution in [3.05, 3.63) is 70.5 Å². The summed E-state index contributed by atoms with van der Waals surface area (Å²) in [5.41, 5.74) is 3.91. The molecule has 1 atom stereocenters. The minimum Gasteiger partial charge on any atom is -0.349 e. The lowest BCUT2D eigenvalue weighted by Gasteiger charge is -2.20. The van der Waals surface area contributed by atoms with Crippen molar-refractivity contribution < 1.29 is 9.18 Å². The summed E-state index contributed by atoms with van der Waals surface area (Å²) in [7, 11) is 0. The molecule has 116 valence electrons. The first-order valence-electron chi connectivity index (χ1n) is 7.61. The van der Waals surface area contributed by atoms with Crippen LogP contribution in [0.5, 0.6) is 0 Å². The van der Waals surface area contributed by atoms with Crippen LogP contribution in [-0.4, -0.2) is 5.91 Å². The van der Waals surface area contributed by atoms with Crippen LogP contribution in [0.25, 0.3) is 0 Å². The van der Waals surface area contributed by atoms with Crippen LogP contribution in [0.1, 0.15) is 41.6 Å². The molecule has 0 heterocycles. The topological polar surface area (TPSA) is 29.1 Å². The molecule has 0 saturated heterocycles. The maximum Gasteiger partial charge on any atom is 0.225 e. The number of rotatable bonds is 5. The molecule has 0 bridgehead atoms. The van der Waals surface area contributed by atoms with Gasteiger partial charge in [-0.25, -0.2) is 4.39 Å².